The van der Waals surface area contributed by atoms with Crippen LogP contribution in [0.3, 0.4) is 0 Å². The molecule has 11 aromatic rings. The zero-order chi connectivity index (χ0) is 80.4. The van der Waals surface area contributed by atoms with Crippen LogP contribution in [0.25, 0.3) is 10.8 Å². The van der Waals surface area contributed by atoms with E-state index in [9.17, 15) is 56.7 Å². The van der Waals surface area contributed by atoms with Gasteiger partial charge in [-0.05, 0) is 148 Å². The van der Waals surface area contributed by atoms with E-state index in [2.05, 4.69) is 42.5 Å². The molecule has 25 heteroatoms. The third-order valence-corrected chi connectivity index (χ3v) is 19.2. The van der Waals surface area contributed by atoms with Crippen LogP contribution in [0.2, 0.25) is 30.1 Å². The predicted molar refractivity (Wildman–Crippen MR) is 436 cm³/mol. The zero-order valence-corrected chi connectivity index (χ0v) is 65.5. The minimum absolute atomic E-state index is 0.0573. The summed E-state index contributed by atoms with van der Waals surface area (Å²) in [6.45, 7) is 1.68. The van der Waals surface area contributed by atoms with Crippen molar-refractivity contribution in [1.82, 2.24) is 26.6 Å². The van der Waals surface area contributed by atoms with Gasteiger partial charge in [0.25, 0.3) is 29.5 Å². The molecule has 0 saturated heterocycles. The lowest BCUT2D eigenvalue weighted by molar-refractivity contribution is -0.110. The molecule has 0 spiro atoms. The molecule has 5 N–H and O–H groups in total. The summed E-state index contributed by atoms with van der Waals surface area (Å²) >= 11 is 39.5. The predicted octanol–water partition coefficient (Wildman–Crippen LogP) is 17.6. The average Bonchev–Trinajstić information content (AvgIpc) is 0.817. The fraction of sp³-hybridized carbons (Fsp3) is 0.140. The molecule has 0 radical (unpaired) electrons. The molecule has 5 atom stereocenters. The molecule has 5 unspecified atom stereocenters. The first kappa shape index (κ1) is 87.5. The van der Waals surface area contributed by atoms with Gasteiger partial charge in [-0.3, -0.25) is 24.0 Å². The maximum Gasteiger partial charge on any atom is 0.256 e. The Kier molecular flexibility index (Phi) is 35.8. The van der Waals surface area contributed by atoms with Gasteiger partial charge in [0.1, 0.15) is 48.8 Å². The van der Waals surface area contributed by atoms with Gasteiger partial charge in [0.15, 0.2) is 0 Å². The van der Waals surface area contributed by atoms with Crippen LogP contribution in [-0.4, -0.2) is 98.3 Å². The largest absolute Gasteiger partial charge is 0.495 e. The number of hydrogen-bond acceptors (Lipinski definition) is 11. The van der Waals surface area contributed by atoms with Crippen LogP contribution in [0.1, 0.15) is 85.2 Å². The Labute approximate surface area is 678 Å². The summed E-state index contributed by atoms with van der Waals surface area (Å²) in [5.41, 5.74) is 5.63. The van der Waals surface area contributed by atoms with Gasteiger partial charge < -0.3 is 55.3 Å². The van der Waals surface area contributed by atoms with Crippen LogP contribution >= 0.6 is 85.5 Å². The summed E-state index contributed by atoms with van der Waals surface area (Å²) in [6, 6.07) is 69.7. The summed E-state index contributed by atoms with van der Waals surface area (Å²) in [5.74, 6) is -3.94. The van der Waals surface area contributed by atoms with E-state index in [1.54, 1.807) is 49.4 Å². The van der Waals surface area contributed by atoms with E-state index in [0.29, 0.717) is 82.2 Å². The fourth-order valence-electron chi connectivity index (χ4n) is 10.9. The molecule has 570 valence electrons. The van der Waals surface area contributed by atoms with Gasteiger partial charge in [-0.15, -0.1) is 0 Å². The summed E-state index contributed by atoms with van der Waals surface area (Å²) in [5, 5.41) is 15.9. The highest BCUT2D eigenvalue weighted by atomic mass is 79.9. The standard InChI is InChI=1S/C20H16ClNO2.C17H15ClFNO3.C17H15ClFNO2.C16H13BrClNO2.C16H13Cl2NO2/c21-18-11-10-15-8-4-5-9-17(15)19(18)20(24)22-16(13-23)12-14-6-2-1-3-7-14;1-23-14-8-7-13(19)15(16(14)18)17(22)20-12(10-21)9-11-5-3-2-4-6-11;1-11-7-8-14(19)15(16(11)18)17(22)20-13(10-21)9-12-5-3-2-4-6-12;2*17-13-7-4-8-14(18)15(13)16(21)19-12(10-20)9-11-5-2-1-3-6-11/h1-11,13,16H,12H2,(H,22,24);2-8,10,12H,9H2,1H3,(H,20,22);2-8,10,13H,9H2,1H3,(H,20,22);2*1-8,10,12H,9H2,(H,19,21). The van der Waals surface area contributed by atoms with Gasteiger partial charge >= 0.3 is 0 Å². The molecule has 0 aromatic heterocycles. The van der Waals surface area contributed by atoms with Gasteiger partial charge in [0.2, 0.25) is 0 Å². The molecule has 0 bridgehead atoms. The first-order valence-corrected chi connectivity index (χ1v) is 37.1. The first-order chi connectivity index (χ1) is 53.5. The number of carbonyl (C=O) groups excluding carboxylic acids is 10. The van der Waals surface area contributed by atoms with Crippen molar-refractivity contribution in [2.24, 2.45) is 0 Å². The zero-order valence-electron chi connectivity index (χ0n) is 59.4. The monoisotopic (exact) mass is 1680 g/mol. The van der Waals surface area contributed by atoms with Crippen molar-refractivity contribution in [3.63, 3.8) is 0 Å². The molecular weight excluding hydrogens is 1610 g/mol. The molecule has 0 fully saturated rings. The van der Waals surface area contributed by atoms with E-state index in [1.165, 1.54) is 25.3 Å². The van der Waals surface area contributed by atoms with Crippen molar-refractivity contribution >= 4 is 157 Å². The molecule has 16 nitrogen and oxygen atoms in total. The topological polar surface area (TPSA) is 240 Å². The van der Waals surface area contributed by atoms with Gasteiger partial charge in [0, 0.05) is 4.47 Å². The number of amides is 5. The molecule has 11 rings (SSSR count). The number of benzene rings is 11. The third-order valence-electron chi connectivity index (χ3n) is 16.4. The Morgan fingerprint density at radius 2 is 0.640 bits per heavy atom. The quantitative estimate of drug-likeness (QED) is 0.0319. The summed E-state index contributed by atoms with van der Waals surface area (Å²) in [7, 11) is 1.37. The number of aldehydes is 5. The normalized spacial score (nSPS) is 11.7. The Morgan fingerprint density at radius 3 is 1.00 bits per heavy atom. The Balaban J connectivity index is 0.000000193. The molecule has 111 heavy (non-hydrogen) atoms. The van der Waals surface area contributed by atoms with Gasteiger partial charge in [-0.1, -0.05) is 270 Å². The lowest BCUT2D eigenvalue weighted by Gasteiger charge is -2.15. The van der Waals surface area contributed by atoms with Crippen molar-refractivity contribution in [2.45, 2.75) is 69.2 Å². The summed E-state index contributed by atoms with van der Waals surface area (Å²) in [6.07, 6.45) is 5.37. The summed E-state index contributed by atoms with van der Waals surface area (Å²) in [4.78, 5) is 118. The van der Waals surface area contributed by atoms with Crippen molar-refractivity contribution < 1.29 is 61.5 Å². The number of carbonyl (C=O) groups is 10. The van der Waals surface area contributed by atoms with E-state index in [4.69, 9.17) is 74.3 Å². The van der Waals surface area contributed by atoms with Crippen LogP contribution < -0.4 is 31.3 Å². The smallest absolute Gasteiger partial charge is 0.256 e. The fourth-order valence-corrected chi connectivity index (χ4v) is 13.2. The molecule has 0 heterocycles. The van der Waals surface area contributed by atoms with Crippen molar-refractivity contribution in [1.29, 1.82) is 0 Å². The van der Waals surface area contributed by atoms with Crippen molar-refractivity contribution in [3.05, 3.63) is 356 Å². The number of halogens is 9. The Bertz CT molecular complexity index is 4850. The maximum absolute atomic E-state index is 13.9. The van der Waals surface area contributed by atoms with Crippen LogP contribution in [0.4, 0.5) is 8.78 Å². The first-order valence-electron chi connectivity index (χ1n) is 34.0. The molecule has 11 aromatic carbocycles. The molecule has 0 aliphatic rings. The van der Waals surface area contributed by atoms with Crippen LogP contribution in [0, 0.1) is 18.6 Å². The highest BCUT2D eigenvalue weighted by Gasteiger charge is 2.26. The maximum atomic E-state index is 13.9. The number of hydrogen-bond donors (Lipinski definition) is 5. The molecule has 0 aliphatic carbocycles. The van der Waals surface area contributed by atoms with Crippen LogP contribution in [0.5, 0.6) is 5.75 Å². The second-order valence-electron chi connectivity index (χ2n) is 24.4. The molecule has 5 amide bonds. The summed E-state index contributed by atoms with van der Waals surface area (Å²) < 4.78 is 33.3. The number of rotatable bonds is 26. The van der Waals surface area contributed by atoms with Gasteiger partial charge in [-0.25, -0.2) is 8.78 Å². The lowest BCUT2D eigenvalue weighted by atomic mass is 10.0. The molecule has 0 saturated carbocycles. The highest BCUT2D eigenvalue weighted by Crippen LogP contribution is 2.32. The minimum atomic E-state index is -0.786. The van der Waals surface area contributed by atoms with Gasteiger partial charge in [-0.2, -0.15) is 0 Å². The van der Waals surface area contributed by atoms with E-state index in [1.807, 2.05) is 182 Å². The number of nitrogens with one attached hydrogen (secondary N) is 5. The number of aryl methyl sites for hydroxylation is 1. The molecule has 0 aliphatic heterocycles. The van der Waals surface area contributed by atoms with Crippen molar-refractivity contribution in [2.75, 3.05) is 7.11 Å². The van der Waals surface area contributed by atoms with Crippen LogP contribution in [0.15, 0.2) is 253 Å². The average molecular weight is 1680 g/mol. The lowest BCUT2D eigenvalue weighted by Crippen LogP contribution is -2.38. The van der Waals surface area contributed by atoms with E-state index in [-0.39, 0.29) is 54.3 Å². The minimum Gasteiger partial charge on any atom is -0.495 e. The Hall–Kier alpha value is -10.7. The number of ether oxygens (including phenoxy) is 1. The van der Waals surface area contributed by atoms with Crippen LogP contribution in [-0.2, 0) is 56.1 Å². The second kappa shape index (κ2) is 45.4. The van der Waals surface area contributed by atoms with E-state index < -0.39 is 59.6 Å². The SMILES string of the molecule is COc1ccc(F)c(C(=O)NC(C=O)Cc2ccccc2)c1Cl.Cc1ccc(F)c(C(=O)NC(C=O)Cc2ccccc2)c1Cl.O=CC(Cc1ccccc1)NC(=O)c1c(Cl)ccc2ccccc12.O=CC(Cc1ccccc1)NC(=O)c1c(Cl)cccc1Br.O=CC(Cc1ccccc1)NC(=O)c1c(Cl)cccc1Cl. The van der Waals surface area contributed by atoms with E-state index >= 15 is 0 Å². The number of methoxy groups -OCH3 is 1. The third kappa shape index (κ3) is 26.8. The number of fused-ring (bicyclic) bond motifs is 1. The second-order valence-corrected chi connectivity index (χ2v) is 27.6. The van der Waals surface area contributed by atoms with Gasteiger partial charge in [0.05, 0.1) is 95.3 Å². The Morgan fingerprint density at radius 1 is 0.342 bits per heavy atom. The molecular formula is C86H72BrCl6F2N5O11. The van der Waals surface area contributed by atoms with E-state index in [0.717, 1.165) is 57.2 Å². The van der Waals surface area contributed by atoms with Crippen molar-refractivity contribution in [3.8, 4) is 5.75 Å². The highest BCUT2D eigenvalue weighted by molar-refractivity contribution is 9.10.